The number of carbonyl (C=O) groups excluding carboxylic acids is 1. The average molecular weight is 167 g/mol. The van der Waals surface area contributed by atoms with E-state index in [9.17, 15) is 4.79 Å². The number of aldehydes is 1. The molecule has 9 heavy (non-hydrogen) atoms. The summed E-state index contributed by atoms with van der Waals surface area (Å²) < 4.78 is 0. The fourth-order valence-corrected chi connectivity index (χ4v) is 0.731. The molecule has 0 fully saturated rings. The maximum absolute atomic E-state index is 9.95. The lowest BCUT2D eigenvalue weighted by atomic mass is 10.3. The SMILES string of the molecule is CCCC(Cl)=C(Cl)C=O. The van der Waals surface area contributed by atoms with Crippen molar-refractivity contribution >= 4 is 29.5 Å². The maximum atomic E-state index is 9.95. The van der Waals surface area contributed by atoms with E-state index in [1.54, 1.807) is 0 Å². The van der Waals surface area contributed by atoms with Gasteiger partial charge in [-0.2, -0.15) is 0 Å². The fourth-order valence-electron chi connectivity index (χ4n) is 0.403. The van der Waals surface area contributed by atoms with Gasteiger partial charge in [0.25, 0.3) is 0 Å². The van der Waals surface area contributed by atoms with E-state index in [2.05, 4.69) is 0 Å². The van der Waals surface area contributed by atoms with Crippen LogP contribution in [-0.4, -0.2) is 6.29 Å². The predicted molar refractivity (Wildman–Crippen MR) is 39.7 cm³/mol. The smallest absolute Gasteiger partial charge is 0.162 e. The van der Waals surface area contributed by atoms with E-state index < -0.39 is 0 Å². The molecule has 0 aliphatic carbocycles. The number of carbonyl (C=O) groups is 1. The van der Waals surface area contributed by atoms with Crippen LogP contribution in [0.2, 0.25) is 0 Å². The molecule has 0 aromatic rings. The molecule has 3 heteroatoms. The van der Waals surface area contributed by atoms with Gasteiger partial charge in [0.2, 0.25) is 0 Å². The van der Waals surface area contributed by atoms with Gasteiger partial charge in [-0.1, -0.05) is 36.5 Å². The van der Waals surface area contributed by atoms with Crippen LogP contribution in [0.4, 0.5) is 0 Å². The Bertz CT molecular complexity index is 129. The molecule has 0 saturated heterocycles. The van der Waals surface area contributed by atoms with Gasteiger partial charge in [-0.05, 0) is 6.42 Å². The van der Waals surface area contributed by atoms with Crippen molar-refractivity contribution < 1.29 is 4.79 Å². The van der Waals surface area contributed by atoms with Gasteiger partial charge in [-0.15, -0.1) is 0 Å². The van der Waals surface area contributed by atoms with Crippen LogP contribution in [0.1, 0.15) is 19.8 Å². The molecule has 0 radical (unpaired) electrons. The second-order valence-corrected chi connectivity index (χ2v) is 2.48. The Hall–Kier alpha value is -0.0100. The van der Waals surface area contributed by atoms with Gasteiger partial charge in [0, 0.05) is 5.03 Å². The normalized spacial score (nSPS) is 12.8. The minimum atomic E-state index is 0.124. The summed E-state index contributed by atoms with van der Waals surface area (Å²) in [5, 5.41) is 0.577. The van der Waals surface area contributed by atoms with Crippen molar-refractivity contribution in [1.82, 2.24) is 0 Å². The summed E-state index contributed by atoms with van der Waals surface area (Å²) in [5.41, 5.74) is 0. The van der Waals surface area contributed by atoms with Gasteiger partial charge in [-0.3, -0.25) is 4.79 Å². The number of allylic oxidation sites excluding steroid dienone is 2. The van der Waals surface area contributed by atoms with E-state index in [-0.39, 0.29) is 5.03 Å². The number of halogens is 2. The highest BCUT2D eigenvalue weighted by Gasteiger charge is 1.97. The minimum absolute atomic E-state index is 0.124. The van der Waals surface area contributed by atoms with Crippen molar-refractivity contribution in [2.45, 2.75) is 19.8 Å². The molecule has 0 aromatic heterocycles. The topological polar surface area (TPSA) is 17.1 Å². The Morgan fingerprint density at radius 3 is 2.44 bits per heavy atom. The largest absolute Gasteiger partial charge is 0.297 e. The molecular formula is C6H8Cl2O. The van der Waals surface area contributed by atoms with Crippen LogP contribution in [0, 0.1) is 0 Å². The third-order valence-corrected chi connectivity index (χ3v) is 1.64. The van der Waals surface area contributed by atoms with Gasteiger partial charge in [-0.25, -0.2) is 0 Å². The van der Waals surface area contributed by atoms with Crippen LogP contribution in [0.3, 0.4) is 0 Å². The van der Waals surface area contributed by atoms with Crippen molar-refractivity contribution in [3.63, 3.8) is 0 Å². The molecule has 0 spiro atoms. The second kappa shape index (κ2) is 4.83. The molecule has 52 valence electrons. The first-order valence-corrected chi connectivity index (χ1v) is 3.47. The molecule has 1 nitrogen and oxygen atoms in total. The summed E-state index contributed by atoms with van der Waals surface area (Å²) in [6.45, 7) is 1.97. The molecule has 0 unspecified atom stereocenters. The lowest BCUT2D eigenvalue weighted by molar-refractivity contribution is -0.104. The van der Waals surface area contributed by atoms with Crippen molar-refractivity contribution in [2.75, 3.05) is 0 Å². The quantitative estimate of drug-likeness (QED) is 0.466. The summed E-state index contributed by atoms with van der Waals surface area (Å²) in [4.78, 5) is 9.95. The summed E-state index contributed by atoms with van der Waals surface area (Å²) >= 11 is 10.9. The Balaban J connectivity index is 3.93. The molecule has 0 amide bonds. The highest BCUT2D eigenvalue weighted by atomic mass is 35.5. The summed E-state index contributed by atoms with van der Waals surface area (Å²) in [7, 11) is 0. The highest BCUT2D eigenvalue weighted by molar-refractivity contribution is 6.45. The molecule has 0 aromatic carbocycles. The molecule has 0 atom stereocenters. The van der Waals surface area contributed by atoms with Gasteiger partial charge in [0.15, 0.2) is 6.29 Å². The first kappa shape index (κ1) is 8.99. The highest BCUT2D eigenvalue weighted by Crippen LogP contribution is 2.16. The van der Waals surface area contributed by atoms with E-state index in [1.807, 2.05) is 6.92 Å². The number of hydrogen-bond donors (Lipinski definition) is 0. The molecule has 0 aliphatic heterocycles. The van der Waals surface area contributed by atoms with Crippen LogP contribution >= 0.6 is 23.2 Å². The van der Waals surface area contributed by atoms with Crippen LogP contribution in [0.25, 0.3) is 0 Å². The van der Waals surface area contributed by atoms with Crippen LogP contribution in [-0.2, 0) is 4.79 Å². The molecule has 0 bridgehead atoms. The van der Waals surface area contributed by atoms with Gasteiger partial charge >= 0.3 is 0 Å². The van der Waals surface area contributed by atoms with Crippen molar-refractivity contribution in [3.05, 3.63) is 10.1 Å². The Labute approximate surface area is 64.6 Å². The molecular weight excluding hydrogens is 159 g/mol. The summed E-state index contributed by atoms with van der Waals surface area (Å²) in [6.07, 6.45) is 2.14. The monoisotopic (exact) mass is 166 g/mol. The maximum Gasteiger partial charge on any atom is 0.162 e. The molecule has 0 rings (SSSR count). The third kappa shape index (κ3) is 3.55. The van der Waals surface area contributed by atoms with Gasteiger partial charge < -0.3 is 0 Å². The van der Waals surface area contributed by atoms with E-state index in [0.29, 0.717) is 17.7 Å². The first-order valence-electron chi connectivity index (χ1n) is 2.71. The standard InChI is InChI=1S/C6H8Cl2O/c1-2-3-5(7)6(8)4-9/h4H,2-3H2,1H3. The van der Waals surface area contributed by atoms with Gasteiger partial charge in [0.1, 0.15) is 0 Å². The second-order valence-electron chi connectivity index (χ2n) is 1.62. The van der Waals surface area contributed by atoms with Crippen LogP contribution in [0.15, 0.2) is 10.1 Å². The van der Waals surface area contributed by atoms with Crippen LogP contribution in [0.5, 0.6) is 0 Å². The Morgan fingerprint density at radius 2 is 2.11 bits per heavy atom. The average Bonchev–Trinajstić information content (AvgIpc) is 1.87. The van der Waals surface area contributed by atoms with Crippen molar-refractivity contribution in [2.24, 2.45) is 0 Å². The Morgan fingerprint density at radius 1 is 1.56 bits per heavy atom. The Kier molecular flexibility index (Phi) is 4.83. The summed E-state index contributed by atoms with van der Waals surface area (Å²) in [5.74, 6) is 0. The molecule has 0 aliphatic rings. The summed E-state index contributed by atoms with van der Waals surface area (Å²) in [6, 6.07) is 0. The zero-order chi connectivity index (χ0) is 7.28. The first-order chi connectivity index (χ1) is 4.22. The number of rotatable bonds is 3. The molecule has 0 heterocycles. The molecule has 0 saturated carbocycles. The fraction of sp³-hybridized carbons (Fsp3) is 0.500. The van der Waals surface area contributed by atoms with Crippen molar-refractivity contribution in [3.8, 4) is 0 Å². The molecule has 0 N–H and O–H groups in total. The zero-order valence-electron chi connectivity index (χ0n) is 5.16. The van der Waals surface area contributed by atoms with Crippen molar-refractivity contribution in [1.29, 1.82) is 0 Å². The van der Waals surface area contributed by atoms with E-state index in [1.165, 1.54) is 0 Å². The van der Waals surface area contributed by atoms with Crippen LogP contribution < -0.4 is 0 Å². The predicted octanol–water partition coefficient (Wildman–Crippen LogP) is 2.67. The van der Waals surface area contributed by atoms with E-state index >= 15 is 0 Å². The number of hydrogen-bond acceptors (Lipinski definition) is 1. The van der Waals surface area contributed by atoms with E-state index in [4.69, 9.17) is 23.2 Å². The minimum Gasteiger partial charge on any atom is -0.297 e. The third-order valence-electron chi connectivity index (χ3n) is 0.832. The van der Waals surface area contributed by atoms with Gasteiger partial charge in [0.05, 0.1) is 5.03 Å². The lowest BCUT2D eigenvalue weighted by Crippen LogP contribution is -1.78. The van der Waals surface area contributed by atoms with E-state index in [0.717, 1.165) is 6.42 Å². The zero-order valence-corrected chi connectivity index (χ0v) is 6.67. The lowest BCUT2D eigenvalue weighted by Gasteiger charge is -1.92.